The summed E-state index contributed by atoms with van der Waals surface area (Å²) in [5.74, 6) is 2.57. The quantitative estimate of drug-likeness (QED) is 0.845. The summed E-state index contributed by atoms with van der Waals surface area (Å²) in [5.41, 5.74) is 1.02. The second-order valence-electron chi connectivity index (χ2n) is 6.95. The minimum Gasteiger partial charge on any atom is -0.353 e. The summed E-state index contributed by atoms with van der Waals surface area (Å²) in [5, 5.41) is 0. The Kier molecular flexibility index (Phi) is 3.83. The van der Waals surface area contributed by atoms with E-state index in [1.165, 1.54) is 12.8 Å². The zero-order chi connectivity index (χ0) is 15.8. The van der Waals surface area contributed by atoms with Crippen LogP contribution in [0.2, 0.25) is 0 Å². The van der Waals surface area contributed by atoms with Crippen LogP contribution in [-0.4, -0.2) is 60.0 Å². The molecule has 1 aromatic rings. The van der Waals surface area contributed by atoms with Gasteiger partial charge in [-0.3, -0.25) is 4.79 Å². The van der Waals surface area contributed by atoms with E-state index in [-0.39, 0.29) is 0 Å². The number of nitrogens with zero attached hydrogens (tertiary/aromatic N) is 5. The van der Waals surface area contributed by atoms with Gasteiger partial charge in [0.05, 0.1) is 0 Å². The van der Waals surface area contributed by atoms with Gasteiger partial charge in [0.25, 0.3) is 0 Å². The minimum absolute atomic E-state index is 0.324. The van der Waals surface area contributed by atoms with Crippen molar-refractivity contribution in [2.45, 2.75) is 32.6 Å². The van der Waals surface area contributed by atoms with Crippen LogP contribution < -0.4 is 9.80 Å². The molecule has 6 heteroatoms. The second-order valence-corrected chi connectivity index (χ2v) is 6.95. The summed E-state index contributed by atoms with van der Waals surface area (Å²) in [6.45, 7) is 7.54. The molecule has 1 amide bonds. The fourth-order valence-corrected chi connectivity index (χ4v) is 3.50. The Bertz CT molecular complexity index is 587. The molecular formula is C17H25N5O. The van der Waals surface area contributed by atoms with Gasteiger partial charge in [-0.15, -0.1) is 0 Å². The van der Waals surface area contributed by atoms with Gasteiger partial charge in [-0.25, -0.2) is 4.98 Å². The van der Waals surface area contributed by atoms with E-state index in [1.54, 1.807) is 0 Å². The van der Waals surface area contributed by atoms with Gasteiger partial charge >= 0.3 is 0 Å². The highest BCUT2D eigenvalue weighted by molar-refractivity contribution is 5.81. The summed E-state index contributed by atoms with van der Waals surface area (Å²) in [6, 6.07) is 2.07. The summed E-state index contributed by atoms with van der Waals surface area (Å²) in [7, 11) is 0. The topological polar surface area (TPSA) is 52.6 Å². The fourth-order valence-electron chi connectivity index (χ4n) is 3.50. The molecular weight excluding hydrogens is 290 g/mol. The predicted octanol–water partition coefficient (Wildman–Crippen LogP) is 1.44. The molecule has 0 unspecified atom stereocenters. The SMILES string of the molecule is Cc1cc(N2CCN(C(=O)C3CC3)CC2)nc(N2CCCC2)n1. The maximum atomic E-state index is 12.2. The molecule has 3 aliphatic rings. The number of carbonyl (C=O) groups is 1. The normalized spacial score (nSPS) is 21.9. The van der Waals surface area contributed by atoms with Gasteiger partial charge in [0.15, 0.2) is 0 Å². The average molecular weight is 315 g/mol. The standard InChI is InChI=1S/C17H25N5O/c1-13-12-15(19-17(18-13)22-6-2-3-7-22)20-8-10-21(11-9-20)16(23)14-4-5-14/h12,14H,2-11H2,1H3. The number of hydrogen-bond acceptors (Lipinski definition) is 5. The predicted molar refractivity (Wildman–Crippen MR) is 89.7 cm³/mol. The summed E-state index contributed by atoms with van der Waals surface area (Å²) in [6.07, 6.45) is 4.63. The van der Waals surface area contributed by atoms with Crippen molar-refractivity contribution < 1.29 is 4.79 Å². The molecule has 124 valence electrons. The van der Waals surface area contributed by atoms with Crippen molar-refractivity contribution in [2.24, 2.45) is 5.92 Å². The summed E-state index contributed by atoms with van der Waals surface area (Å²) >= 11 is 0. The molecule has 1 aliphatic carbocycles. The third-order valence-corrected chi connectivity index (χ3v) is 5.06. The van der Waals surface area contributed by atoms with Crippen LogP contribution in [0.3, 0.4) is 0 Å². The van der Waals surface area contributed by atoms with Crippen LogP contribution in [-0.2, 0) is 4.79 Å². The number of anilines is 2. The van der Waals surface area contributed by atoms with E-state index < -0.39 is 0 Å². The number of piperazine rings is 1. The highest BCUT2D eigenvalue weighted by Crippen LogP contribution is 2.31. The molecule has 3 heterocycles. The monoisotopic (exact) mass is 315 g/mol. The lowest BCUT2D eigenvalue weighted by atomic mass is 10.2. The average Bonchev–Trinajstić information content (AvgIpc) is 3.28. The van der Waals surface area contributed by atoms with E-state index in [2.05, 4.69) is 20.9 Å². The van der Waals surface area contributed by atoms with Crippen LogP contribution in [0.1, 0.15) is 31.4 Å². The Morgan fingerprint density at radius 1 is 1.00 bits per heavy atom. The number of hydrogen-bond donors (Lipinski definition) is 0. The van der Waals surface area contributed by atoms with Gasteiger partial charge in [0, 0.05) is 56.9 Å². The van der Waals surface area contributed by atoms with Crippen LogP contribution >= 0.6 is 0 Å². The molecule has 0 aromatic carbocycles. The van der Waals surface area contributed by atoms with Crippen LogP contribution in [0.4, 0.5) is 11.8 Å². The number of carbonyl (C=O) groups excluding carboxylic acids is 1. The van der Waals surface area contributed by atoms with Gasteiger partial charge in [-0.2, -0.15) is 4.98 Å². The molecule has 2 saturated heterocycles. The van der Waals surface area contributed by atoms with Crippen molar-refractivity contribution in [3.63, 3.8) is 0 Å². The van der Waals surface area contributed by atoms with Gasteiger partial charge in [0.1, 0.15) is 5.82 Å². The molecule has 4 rings (SSSR count). The van der Waals surface area contributed by atoms with E-state index in [0.717, 1.165) is 69.6 Å². The molecule has 0 N–H and O–H groups in total. The van der Waals surface area contributed by atoms with Crippen molar-refractivity contribution in [3.8, 4) is 0 Å². The lowest BCUT2D eigenvalue weighted by molar-refractivity contribution is -0.132. The molecule has 0 spiro atoms. The Morgan fingerprint density at radius 2 is 1.70 bits per heavy atom. The number of aryl methyl sites for hydroxylation is 1. The number of rotatable bonds is 3. The molecule has 0 radical (unpaired) electrons. The second kappa shape index (κ2) is 5.98. The highest BCUT2D eigenvalue weighted by atomic mass is 16.2. The van der Waals surface area contributed by atoms with Crippen LogP contribution in [0.25, 0.3) is 0 Å². The molecule has 1 saturated carbocycles. The van der Waals surface area contributed by atoms with Gasteiger partial charge < -0.3 is 14.7 Å². The maximum Gasteiger partial charge on any atom is 0.227 e. The van der Waals surface area contributed by atoms with E-state index >= 15 is 0 Å². The van der Waals surface area contributed by atoms with Gasteiger partial charge in [-0.1, -0.05) is 0 Å². The Balaban J connectivity index is 1.44. The lowest BCUT2D eigenvalue weighted by Crippen LogP contribution is -2.49. The van der Waals surface area contributed by atoms with E-state index in [1.807, 2.05) is 11.8 Å². The first-order valence-electron chi connectivity index (χ1n) is 8.85. The number of aromatic nitrogens is 2. The third kappa shape index (κ3) is 3.12. The lowest BCUT2D eigenvalue weighted by Gasteiger charge is -2.36. The van der Waals surface area contributed by atoms with Crippen LogP contribution in [0.15, 0.2) is 6.07 Å². The zero-order valence-corrected chi connectivity index (χ0v) is 13.9. The van der Waals surface area contributed by atoms with Crippen LogP contribution in [0.5, 0.6) is 0 Å². The molecule has 6 nitrogen and oxygen atoms in total. The Hall–Kier alpha value is -1.85. The van der Waals surface area contributed by atoms with Crippen molar-refractivity contribution >= 4 is 17.7 Å². The van der Waals surface area contributed by atoms with Crippen molar-refractivity contribution in [1.82, 2.24) is 14.9 Å². The smallest absolute Gasteiger partial charge is 0.227 e. The molecule has 0 bridgehead atoms. The first-order valence-corrected chi connectivity index (χ1v) is 8.85. The molecule has 23 heavy (non-hydrogen) atoms. The fraction of sp³-hybridized carbons (Fsp3) is 0.706. The number of amides is 1. The largest absolute Gasteiger partial charge is 0.353 e. The molecule has 0 atom stereocenters. The first kappa shape index (κ1) is 14.7. The van der Waals surface area contributed by atoms with Crippen molar-refractivity contribution in [1.29, 1.82) is 0 Å². The van der Waals surface area contributed by atoms with Crippen molar-refractivity contribution in [2.75, 3.05) is 49.1 Å². The minimum atomic E-state index is 0.324. The van der Waals surface area contributed by atoms with Crippen LogP contribution in [0, 0.1) is 12.8 Å². The third-order valence-electron chi connectivity index (χ3n) is 5.06. The van der Waals surface area contributed by atoms with E-state index in [9.17, 15) is 4.79 Å². The van der Waals surface area contributed by atoms with Gasteiger partial charge in [-0.05, 0) is 32.6 Å². The van der Waals surface area contributed by atoms with E-state index in [4.69, 9.17) is 4.98 Å². The Morgan fingerprint density at radius 3 is 2.35 bits per heavy atom. The maximum absolute atomic E-state index is 12.2. The Labute approximate surface area is 137 Å². The first-order chi connectivity index (χ1) is 11.2. The van der Waals surface area contributed by atoms with Crippen molar-refractivity contribution in [3.05, 3.63) is 11.8 Å². The highest BCUT2D eigenvalue weighted by Gasteiger charge is 2.34. The van der Waals surface area contributed by atoms with Gasteiger partial charge in [0.2, 0.25) is 11.9 Å². The molecule has 1 aromatic heterocycles. The summed E-state index contributed by atoms with van der Waals surface area (Å²) < 4.78 is 0. The van der Waals surface area contributed by atoms with E-state index in [0.29, 0.717) is 11.8 Å². The summed E-state index contributed by atoms with van der Waals surface area (Å²) in [4.78, 5) is 28.2. The zero-order valence-electron chi connectivity index (χ0n) is 13.9. The molecule has 3 fully saturated rings. The molecule has 2 aliphatic heterocycles.